The highest BCUT2D eigenvalue weighted by Gasteiger charge is 2.16. The van der Waals surface area contributed by atoms with Crippen LogP contribution >= 0.6 is 0 Å². The normalized spacial score (nSPS) is 22.2. The maximum Gasteiger partial charge on any atom is 0.191 e. The number of nitrogens with one attached hydrogen (secondary N) is 2. The summed E-state index contributed by atoms with van der Waals surface area (Å²) in [7, 11) is 1.83. The van der Waals surface area contributed by atoms with Crippen molar-refractivity contribution < 1.29 is 4.74 Å². The lowest BCUT2D eigenvalue weighted by Crippen LogP contribution is -2.44. The second kappa shape index (κ2) is 11.4. The zero-order chi connectivity index (χ0) is 19.6. The Labute approximate surface area is 170 Å². The SMILES string of the molecule is CN=C(NCCN1CCOCC1)NCc1ccc(CN2CCCC(C)C2)cc1. The Kier molecular flexibility index (Phi) is 8.58. The fraction of sp³-hybridized carbons (Fsp3) is 0.682. The smallest absolute Gasteiger partial charge is 0.191 e. The standard InChI is InChI=1S/C22H37N5O/c1-19-4-3-10-27(17-19)18-21-7-5-20(6-8-21)16-25-22(23-2)24-9-11-26-12-14-28-15-13-26/h5-8,19H,3-4,9-18H2,1-2H3,(H2,23,24,25). The van der Waals surface area contributed by atoms with Crippen LogP contribution in [0.4, 0.5) is 0 Å². The van der Waals surface area contributed by atoms with Gasteiger partial charge in [0.05, 0.1) is 13.2 Å². The van der Waals surface area contributed by atoms with Crippen molar-refractivity contribution in [2.24, 2.45) is 10.9 Å². The summed E-state index contributed by atoms with van der Waals surface area (Å²) in [5.74, 6) is 1.69. The molecule has 2 aliphatic rings. The van der Waals surface area contributed by atoms with Gasteiger partial charge in [-0.2, -0.15) is 0 Å². The van der Waals surface area contributed by atoms with Gasteiger partial charge >= 0.3 is 0 Å². The van der Waals surface area contributed by atoms with Gasteiger partial charge in [0, 0.05) is 52.9 Å². The number of guanidine groups is 1. The number of rotatable bonds is 7. The third-order valence-corrected chi connectivity index (χ3v) is 5.68. The molecule has 156 valence electrons. The van der Waals surface area contributed by atoms with E-state index in [4.69, 9.17) is 4.74 Å². The molecule has 0 aliphatic carbocycles. The van der Waals surface area contributed by atoms with Crippen molar-refractivity contribution in [2.45, 2.75) is 32.9 Å². The number of hydrogen-bond donors (Lipinski definition) is 2. The predicted molar refractivity (Wildman–Crippen MR) is 116 cm³/mol. The van der Waals surface area contributed by atoms with Crippen molar-refractivity contribution in [3.8, 4) is 0 Å². The first-order valence-electron chi connectivity index (χ1n) is 10.8. The number of morpholine rings is 1. The zero-order valence-corrected chi connectivity index (χ0v) is 17.6. The summed E-state index contributed by atoms with van der Waals surface area (Å²) in [5.41, 5.74) is 2.69. The minimum atomic E-state index is 0.790. The molecule has 2 saturated heterocycles. The molecule has 3 rings (SSSR count). The van der Waals surface area contributed by atoms with Crippen LogP contribution in [0.3, 0.4) is 0 Å². The second-order valence-electron chi connectivity index (χ2n) is 8.11. The highest BCUT2D eigenvalue weighted by atomic mass is 16.5. The molecule has 0 spiro atoms. The monoisotopic (exact) mass is 387 g/mol. The first kappa shape index (κ1) is 21.1. The topological polar surface area (TPSA) is 52.1 Å². The molecule has 0 amide bonds. The summed E-state index contributed by atoms with van der Waals surface area (Å²) in [6, 6.07) is 9.00. The number of hydrogen-bond acceptors (Lipinski definition) is 4. The Morgan fingerprint density at radius 2 is 1.82 bits per heavy atom. The van der Waals surface area contributed by atoms with E-state index >= 15 is 0 Å². The molecule has 1 atom stereocenters. The fourth-order valence-corrected chi connectivity index (χ4v) is 4.01. The summed E-state index contributed by atoms with van der Waals surface area (Å²) in [4.78, 5) is 9.34. The van der Waals surface area contributed by atoms with E-state index in [-0.39, 0.29) is 0 Å². The molecule has 28 heavy (non-hydrogen) atoms. The summed E-state index contributed by atoms with van der Waals surface area (Å²) in [6.07, 6.45) is 2.71. The van der Waals surface area contributed by atoms with Crippen molar-refractivity contribution in [3.63, 3.8) is 0 Å². The third-order valence-electron chi connectivity index (χ3n) is 5.68. The van der Waals surface area contributed by atoms with Crippen LogP contribution in [0, 0.1) is 5.92 Å². The minimum absolute atomic E-state index is 0.790. The fourth-order valence-electron chi connectivity index (χ4n) is 4.01. The predicted octanol–water partition coefficient (Wildman–Crippen LogP) is 1.92. The average Bonchev–Trinajstić information content (AvgIpc) is 2.72. The minimum Gasteiger partial charge on any atom is -0.379 e. The first-order valence-corrected chi connectivity index (χ1v) is 10.8. The number of nitrogens with zero attached hydrogens (tertiary/aromatic N) is 3. The Hall–Kier alpha value is -1.63. The maximum atomic E-state index is 5.39. The van der Waals surface area contributed by atoms with E-state index in [0.717, 1.165) is 64.4 Å². The lowest BCUT2D eigenvalue weighted by molar-refractivity contribution is 0.0389. The largest absolute Gasteiger partial charge is 0.379 e. The Morgan fingerprint density at radius 1 is 1.07 bits per heavy atom. The van der Waals surface area contributed by atoms with Gasteiger partial charge in [-0.05, 0) is 36.4 Å². The zero-order valence-electron chi connectivity index (χ0n) is 17.6. The van der Waals surface area contributed by atoms with E-state index in [1.807, 2.05) is 7.05 Å². The summed E-state index contributed by atoms with van der Waals surface area (Å²) in [5, 5.41) is 6.82. The highest BCUT2D eigenvalue weighted by Crippen LogP contribution is 2.18. The van der Waals surface area contributed by atoms with Gasteiger partial charge in [-0.25, -0.2) is 0 Å². The third kappa shape index (κ3) is 7.08. The maximum absolute atomic E-state index is 5.39. The van der Waals surface area contributed by atoms with Crippen LogP contribution < -0.4 is 10.6 Å². The van der Waals surface area contributed by atoms with Gasteiger partial charge < -0.3 is 15.4 Å². The molecular formula is C22H37N5O. The Balaban J connectivity index is 1.36. The molecule has 2 fully saturated rings. The Morgan fingerprint density at radius 3 is 2.54 bits per heavy atom. The molecule has 1 aromatic rings. The van der Waals surface area contributed by atoms with Gasteiger partial charge in [-0.1, -0.05) is 31.2 Å². The lowest BCUT2D eigenvalue weighted by Gasteiger charge is -2.30. The van der Waals surface area contributed by atoms with Gasteiger partial charge in [0.1, 0.15) is 0 Å². The van der Waals surface area contributed by atoms with Crippen LogP contribution in [0.2, 0.25) is 0 Å². The van der Waals surface area contributed by atoms with Gasteiger partial charge in [-0.15, -0.1) is 0 Å². The molecular weight excluding hydrogens is 350 g/mol. The lowest BCUT2D eigenvalue weighted by atomic mass is 9.99. The van der Waals surface area contributed by atoms with E-state index < -0.39 is 0 Å². The van der Waals surface area contributed by atoms with Crippen LogP contribution in [-0.4, -0.2) is 75.3 Å². The van der Waals surface area contributed by atoms with Gasteiger partial charge in [0.25, 0.3) is 0 Å². The highest BCUT2D eigenvalue weighted by molar-refractivity contribution is 5.79. The van der Waals surface area contributed by atoms with Crippen LogP contribution in [0.25, 0.3) is 0 Å². The molecule has 0 radical (unpaired) electrons. The summed E-state index contributed by atoms with van der Waals surface area (Å²) < 4.78 is 5.39. The van der Waals surface area contributed by atoms with Crippen molar-refractivity contribution in [1.82, 2.24) is 20.4 Å². The van der Waals surface area contributed by atoms with Crippen LogP contribution in [0.5, 0.6) is 0 Å². The van der Waals surface area contributed by atoms with Gasteiger partial charge in [0.15, 0.2) is 5.96 Å². The molecule has 2 heterocycles. The molecule has 6 nitrogen and oxygen atoms in total. The summed E-state index contributed by atoms with van der Waals surface area (Å²) in [6.45, 7) is 12.4. The number of aliphatic imine (C=N–C) groups is 1. The van der Waals surface area contributed by atoms with E-state index in [9.17, 15) is 0 Å². The van der Waals surface area contributed by atoms with E-state index in [2.05, 4.69) is 56.6 Å². The number of piperidine rings is 1. The molecule has 1 aromatic carbocycles. The molecule has 2 aliphatic heterocycles. The van der Waals surface area contributed by atoms with Gasteiger partial charge in [-0.3, -0.25) is 14.8 Å². The van der Waals surface area contributed by atoms with Crippen molar-refractivity contribution in [1.29, 1.82) is 0 Å². The van der Waals surface area contributed by atoms with E-state index in [0.29, 0.717) is 0 Å². The van der Waals surface area contributed by atoms with E-state index in [1.54, 1.807) is 0 Å². The molecule has 0 saturated carbocycles. The number of benzene rings is 1. The molecule has 0 aromatic heterocycles. The van der Waals surface area contributed by atoms with Crippen molar-refractivity contribution in [3.05, 3.63) is 35.4 Å². The molecule has 2 N–H and O–H groups in total. The van der Waals surface area contributed by atoms with Gasteiger partial charge in [0.2, 0.25) is 0 Å². The quantitative estimate of drug-likeness (QED) is 0.553. The van der Waals surface area contributed by atoms with E-state index in [1.165, 1.54) is 37.1 Å². The number of likely N-dealkylation sites (tertiary alicyclic amines) is 1. The molecule has 6 heteroatoms. The number of ether oxygens (including phenoxy) is 1. The van der Waals surface area contributed by atoms with Crippen LogP contribution in [0.1, 0.15) is 30.9 Å². The molecule has 1 unspecified atom stereocenters. The first-order chi connectivity index (χ1) is 13.7. The average molecular weight is 388 g/mol. The second-order valence-corrected chi connectivity index (χ2v) is 8.11. The summed E-state index contributed by atoms with van der Waals surface area (Å²) >= 11 is 0. The van der Waals surface area contributed by atoms with Crippen molar-refractivity contribution >= 4 is 5.96 Å². The van der Waals surface area contributed by atoms with Crippen molar-refractivity contribution in [2.75, 3.05) is 59.5 Å². The Bertz CT molecular complexity index is 597. The van der Waals surface area contributed by atoms with Crippen LogP contribution in [0.15, 0.2) is 29.3 Å². The van der Waals surface area contributed by atoms with Crippen LogP contribution in [-0.2, 0) is 17.8 Å². The molecule has 0 bridgehead atoms.